The SMILES string of the molecule is O=C(C=Cc1ccc(O)c(O)c1)O[C@H]1C2(CCCC2)[C@@](O)(C(=O)O)C[C@@H](O)[C@]1(O)OC(=O)C=Cc1ccc(O)c(O)c1. The summed E-state index contributed by atoms with van der Waals surface area (Å²) in [4.78, 5) is 38.1. The number of phenolic OH excluding ortho intramolecular Hbond substituents is 4. The molecule has 4 rings (SSSR count). The Labute approximate surface area is 238 Å². The van der Waals surface area contributed by atoms with Crippen molar-refractivity contribution >= 4 is 30.1 Å². The molecule has 42 heavy (non-hydrogen) atoms. The second-order valence-corrected chi connectivity index (χ2v) is 10.4. The number of benzene rings is 2. The van der Waals surface area contributed by atoms with Gasteiger partial charge in [0.1, 0.15) is 6.10 Å². The number of phenols is 4. The van der Waals surface area contributed by atoms with Crippen LogP contribution in [0.5, 0.6) is 23.0 Å². The van der Waals surface area contributed by atoms with Gasteiger partial charge in [0, 0.05) is 18.6 Å². The maximum atomic E-state index is 13.0. The summed E-state index contributed by atoms with van der Waals surface area (Å²) in [5.74, 6) is -8.85. The molecule has 13 nitrogen and oxygen atoms in total. The van der Waals surface area contributed by atoms with Crippen LogP contribution in [-0.2, 0) is 23.9 Å². The van der Waals surface area contributed by atoms with Crippen LogP contribution in [0, 0.1) is 5.41 Å². The van der Waals surface area contributed by atoms with Gasteiger partial charge in [0.25, 0.3) is 5.79 Å². The number of aliphatic carboxylic acids is 1. The van der Waals surface area contributed by atoms with Crippen LogP contribution in [0.4, 0.5) is 0 Å². The molecule has 0 radical (unpaired) electrons. The van der Waals surface area contributed by atoms with E-state index in [-0.39, 0.29) is 24.0 Å². The molecular weight excluding hydrogens is 556 g/mol. The number of rotatable bonds is 7. The fraction of sp³-hybridized carbons (Fsp3) is 0.345. The minimum Gasteiger partial charge on any atom is -0.504 e. The first kappa shape index (κ1) is 30.4. The van der Waals surface area contributed by atoms with Crippen molar-refractivity contribution in [3.8, 4) is 23.0 Å². The highest BCUT2D eigenvalue weighted by atomic mass is 16.7. The van der Waals surface area contributed by atoms with Crippen molar-refractivity contribution in [1.82, 2.24) is 0 Å². The van der Waals surface area contributed by atoms with Crippen molar-refractivity contribution in [1.29, 1.82) is 0 Å². The van der Waals surface area contributed by atoms with Gasteiger partial charge < -0.3 is 50.3 Å². The highest BCUT2D eigenvalue weighted by Crippen LogP contribution is 2.59. The number of ether oxygens (including phenoxy) is 2. The number of aliphatic hydroxyl groups excluding tert-OH is 1. The molecular formula is C29H30O13. The lowest BCUT2D eigenvalue weighted by Crippen LogP contribution is -2.75. The van der Waals surface area contributed by atoms with E-state index in [1.165, 1.54) is 24.3 Å². The zero-order chi connectivity index (χ0) is 30.9. The molecule has 2 saturated carbocycles. The van der Waals surface area contributed by atoms with Crippen molar-refractivity contribution in [2.75, 3.05) is 0 Å². The second-order valence-electron chi connectivity index (χ2n) is 10.4. The molecule has 0 unspecified atom stereocenters. The molecule has 13 heteroatoms. The number of hydrogen-bond donors (Lipinski definition) is 8. The van der Waals surface area contributed by atoms with Gasteiger partial charge in [0.2, 0.25) is 0 Å². The summed E-state index contributed by atoms with van der Waals surface area (Å²) in [5, 5.41) is 82.1. The molecule has 0 aliphatic heterocycles. The van der Waals surface area contributed by atoms with Gasteiger partial charge in [-0.25, -0.2) is 14.4 Å². The molecule has 2 aliphatic rings. The van der Waals surface area contributed by atoms with Gasteiger partial charge in [0.05, 0.1) is 5.41 Å². The van der Waals surface area contributed by atoms with Crippen LogP contribution in [0.2, 0.25) is 0 Å². The van der Waals surface area contributed by atoms with E-state index in [0.29, 0.717) is 12.8 Å². The van der Waals surface area contributed by atoms with Crippen LogP contribution < -0.4 is 0 Å². The first-order valence-corrected chi connectivity index (χ1v) is 12.9. The molecule has 2 aromatic carbocycles. The van der Waals surface area contributed by atoms with E-state index in [2.05, 4.69) is 0 Å². The van der Waals surface area contributed by atoms with Crippen molar-refractivity contribution in [3.63, 3.8) is 0 Å². The van der Waals surface area contributed by atoms with E-state index in [0.717, 1.165) is 36.4 Å². The van der Waals surface area contributed by atoms with Gasteiger partial charge in [-0.2, -0.15) is 0 Å². The molecule has 2 fully saturated rings. The fourth-order valence-electron chi connectivity index (χ4n) is 5.68. The number of esters is 2. The Morgan fingerprint density at radius 2 is 1.29 bits per heavy atom. The van der Waals surface area contributed by atoms with Crippen LogP contribution in [-0.4, -0.2) is 82.4 Å². The Bertz CT molecular complexity index is 1440. The number of aromatic hydroxyl groups is 4. The minimum atomic E-state index is -3.00. The molecule has 0 bridgehead atoms. The topological polar surface area (TPSA) is 232 Å². The van der Waals surface area contributed by atoms with Crippen LogP contribution in [0.1, 0.15) is 43.2 Å². The standard InChI is InChI=1S/C29H30O13/c30-18-7-3-16(13-20(18)32)5-9-23(35)41-25-27(11-1-2-12-27)28(39,26(37)38)15-22(34)29(25,40)42-24(36)10-6-17-4-8-19(31)21(33)14-17/h3-10,13-14,22,25,30-34,39-40H,1-2,11-12,15H2,(H,37,38)/t22-,25+,28+,29+/m1/s1. The minimum absolute atomic E-state index is 0.0570. The molecule has 0 amide bonds. The average molecular weight is 587 g/mol. The van der Waals surface area contributed by atoms with Gasteiger partial charge in [-0.1, -0.05) is 25.0 Å². The molecule has 2 aromatic rings. The van der Waals surface area contributed by atoms with E-state index < -0.39 is 76.3 Å². The Kier molecular flexibility index (Phi) is 8.21. The molecule has 4 atom stereocenters. The molecule has 8 N–H and O–H groups in total. The summed E-state index contributed by atoms with van der Waals surface area (Å²) in [7, 11) is 0. The van der Waals surface area contributed by atoms with Gasteiger partial charge in [-0.05, 0) is 60.4 Å². The predicted octanol–water partition coefficient (Wildman–Crippen LogP) is 1.52. The molecule has 2 aliphatic carbocycles. The van der Waals surface area contributed by atoms with Crippen molar-refractivity contribution in [2.24, 2.45) is 5.41 Å². The Morgan fingerprint density at radius 3 is 1.76 bits per heavy atom. The Hall–Kier alpha value is -4.59. The van der Waals surface area contributed by atoms with Gasteiger partial charge in [0.15, 0.2) is 34.7 Å². The summed E-state index contributed by atoms with van der Waals surface area (Å²) in [6.45, 7) is 0. The second kappa shape index (κ2) is 11.4. The summed E-state index contributed by atoms with van der Waals surface area (Å²) in [6, 6.07) is 7.33. The highest BCUT2D eigenvalue weighted by molar-refractivity contribution is 5.89. The maximum absolute atomic E-state index is 13.0. The van der Waals surface area contributed by atoms with Crippen LogP contribution in [0.3, 0.4) is 0 Å². The third-order valence-corrected chi connectivity index (χ3v) is 7.84. The number of hydrogen-bond acceptors (Lipinski definition) is 12. The van der Waals surface area contributed by atoms with Crippen LogP contribution >= 0.6 is 0 Å². The summed E-state index contributed by atoms with van der Waals surface area (Å²) >= 11 is 0. The molecule has 0 aromatic heterocycles. The zero-order valence-corrected chi connectivity index (χ0v) is 22.1. The van der Waals surface area contributed by atoms with E-state index in [1.54, 1.807) is 0 Å². The van der Waals surface area contributed by atoms with Crippen molar-refractivity contribution < 1.29 is 64.7 Å². The Balaban J connectivity index is 1.68. The van der Waals surface area contributed by atoms with E-state index in [1.807, 2.05) is 0 Å². The first-order valence-electron chi connectivity index (χ1n) is 12.9. The van der Waals surface area contributed by atoms with Crippen molar-refractivity contribution in [3.05, 3.63) is 59.7 Å². The summed E-state index contributed by atoms with van der Waals surface area (Å²) < 4.78 is 10.7. The monoisotopic (exact) mass is 586 g/mol. The van der Waals surface area contributed by atoms with Gasteiger partial charge >= 0.3 is 17.9 Å². The normalized spacial score (nSPS) is 26.9. The number of aliphatic hydroxyl groups is 3. The van der Waals surface area contributed by atoms with E-state index in [9.17, 15) is 55.2 Å². The average Bonchev–Trinajstić information content (AvgIpc) is 3.43. The third-order valence-electron chi connectivity index (χ3n) is 7.84. The van der Waals surface area contributed by atoms with Gasteiger partial charge in [-0.15, -0.1) is 0 Å². The van der Waals surface area contributed by atoms with Crippen molar-refractivity contribution in [2.45, 2.75) is 55.7 Å². The van der Waals surface area contributed by atoms with Crippen LogP contribution in [0.15, 0.2) is 48.6 Å². The Morgan fingerprint density at radius 1 is 0.786 bits per heavy atom. The highest BCUT2D eigenvalue weighted by Gasteiger charge is 2.74. The van der Waals surface area contributed by atoms with Gasteiger partial charge in [-0.3, -0.25) is 0 Å². The molecule has 224 valence electrons. The van der Waals surface area contributed by atoms with Crippen LogP contribution in [0.25, 0.3) is 12.2 Å². The largest absolute Gasteiger partial charge is 0.504 e. The third kappa shape index (κ3) is 5.49. The lowest BCUT2D eigenvalue weighted by molar-refractivity contribution is -0.350. The number of carbonyl (C=O) groups is 3. The van der Waals surface area contributed by atoms with E-state index >= 15 is 0 Å². The lowest BCUT2D eigenvalue weighted by Gasteiger charge is -2.56. The number of carboxylic acid groups (broad SMARTS) is 1. The summed E-state index contributed by atoms with van der Waals surface area (Å²) in [5.41, 5.74) is -4.02. The smallest absolute Gasteiger partial charge is 0.336 e. The predicted molar refractivity (Wildman–Crippen MR) is 143 cm³/mol. The quantitative estimate of drug-likeness (QED) is 0.0996. The number of carbonyl (C=O) groups excluding carboxylic acids is 2. The van der Waals surface area contributed by atoms with E-state index in [4.69, 9.17) is 9.47 Å². The summed E-state index contributed by atoms with van der Waals surface area (Å²) in [6.07, 6.45) is -0.528. The zero-order valence-electron chi connectivity index (χ0n) is 22.1. The molecule has 1 spiro atoms. The maximum Gasteiger partial charge on any atom is 0.336 e. The lowest BCUT2D eigenvalue weighted by atomic mass is 9.57. The number of carboxylic acids is 1. The first-order chi connectivity index (χ1) is 19.7. The molecule has 0 heterocycles. The molecule has 0 saturated heterocycles. The fourth-order valence-corrected chi connectivity index (χ4v) is 5.68.